The summed E-state index contributed by atoms with van der Waals surface area (Å²) in [4.78, 5) is 0. The molecule has 0 aliphatic carbocycles. The quantitative estimate of drug-likeness (QED) is 0.811. The molecule has 1 aromatic rings. The van der Waals surface area contributed by atoms with Gasteiger partial charge in [-0.15, -0.1) is 0 Å². The SMILES string of the molecule is CCCC(O)(CN)Cc1cccc(F)c1F. The maximum Gasteiger partial charge on any atom is 0.162 e. The molecule has 1 unspecified atom stereocenters. The van der Waals surface area contributed by atoms with Crippen molar-refractivity contribution in [2.45, 2.75) is 31.8 Å². The fourth-order valence-corrected chi connectivity index (χ4v) is 1.77. The third-order valence-electron chi connectivity index (χ3n) is 2.65. The topological polar surface area (TPSA) is 46.2 Å². The van der Waals surface area contributed by atoms with Crippen LogP contribution in [0.5, 0.6) is 0 Å². The first-order valence-electron chi connectivity index (χ1n) is 5.38. The molecule has 1 atom stereocenters. The predicted molar refractivity (Wildman–Crippen MR) is 59.0 cm³/mol. The molecule has 0 saturated carbocycles. The van der Waals surface area contributed by atoms with Gasteiger partial charge in [0.25, 0.3) is 0 Å². The van der Waals surface area contributed by atoms with E-state index in [4.69, 9.17) is 5.73 Å². The number of rotatable bonds is 5. The van der Waals surface area contributed by atoms with Crippen LogP contribution in [0.4, 0.5) is 8.78 Å². The van der Waals surface area contributed by atoms with Crippen LogP contribution < -0.4 is 5.73 Å². The zero-order valence-electron chi connectivity index (χ0n) is 9.34. The average molecular weight is 229 g/mol. The van der Waals surface area contributed by atoms with E-state index < -0.39 is 17.2 Å². The Balaban J connectivity index is 2.90. The molecule has 90 valence electrons. The van der Waals surface area contributed by atoms with E-state index in [0.29, 0.717) is 6.42 Å². The van der Waals surface area contributed by atoms with Crippen molar-refractivity contribution >= 4 is 0 Å². The number of benzene rings is 1. The molecule has 2 nitrogen and oxygen atoms in total. The lowest BCUT2D eigenvalue weighted by atomic mass is 9.90. The first-order chi connectivity index (χ1) is 7.52. The van der Waals surface area contributed by atoms with Crippen LogP contribution in [0.25, 0.3) is 0 Å². The highest BCUT2D eigenvalue weighted by Crippen LogP contribution is 2.21. The van der Waals surface area contributed by atoms with Crippen molar-refractivity contribution in [2.75, 3.05) is 6.54 Å². The highest BCUT2D eigenvalue weighted by molar-refractivity contribution is 5.21. The second-order valence-electron chi connectivity index (χ2n) is 4.07. The monoisotopic (exact) mass is 229 g/mol. The number of hydrogen-bond acceptors (Lipinski definition) is 2. The number of nitrogens with two attached hydrogens (primary N) is 1. The van der Waals surface area contributed by atoms with Gasteiger partial charge in [-0.2, -0.15) is 0 Å². The van der Waals surface area contributed by atoms with Crippen LogP contribution in [0.3, 0.4) is 0 Å². The smallest absolute Gasteiger partial charge is 0.162 e. The highest BCUT2D eigenvalue weighted by Gasteiger charge is 2.26. The zero-order chi connectivity index (χ0) is 12.2. The summed E-state index contributed by atoms with van der Waals surface area (Å²) in [5, 5.41) is 10.1. The van der Waals surface area contributed by atoms with Crippen LogP contribution in [0.15, 0.2) is 18.2 Å². The standard InChI is InChI=1S/C12H17F2NO/c1-2-6-12(16,8-15)7-9-4-3-5-10(13)11(9)14/h3-5,16H,2,6-8,15H2,1H3. The van der Waals surface area contributed by atoms with Gasteiger partial charge in [0, 0.05) is 13.0 Å². The maximum atomic E-state index is 13.4. The van der Waals surface area contributed by atoms with Crippen LogP contribution >= 0.6 is 0 Å². The fraction of sp³-hybridized carbons (Fsp3) is 0.500. The van der Waals surface area contributed by atoms with Gasteiger partial charge < -0.3 is 10.8 Å². The van der Waals surface area contributed by atoms with Gasteiger partial charge in [0.15, 0.2) is 11.6 Å². The van der Waals surface area contributed by atoms with Gasteiger partial charge in [-0.05, 0) is 18.1 Å². The fourth-order valence-electron chi connectivity index (χ4n) is 1.77. The summed E-state index contributed by atoms with van der Waals surface area (Å²) in [5.74, 6) is -1.79. The molecule has 0 fully saturated rings. The van der Waals surface area contributed by atoms with E-state index in [1.54, 1.807) is 0 Å². The third kappa shape index (κ3) is 3.00. The van der Waals surface area contributed by atoms with Gasteiger partial charge in [-0.25, -0.2) is 8.78 Å². The van der Waals surface area contributed by atoms with Crippen LogP contribution in [-0.4, -0.2) is 17.3 Å². The molecule has 3 N–H and O–H groups in total. The van der Waals surface area contributed by atoms with E-state index in [2.05, 4.69) is 0 Å². The summed E-state index contributed by atoms with van der Waals surface area (Å²) < 4.78 is 26.3. The Morgan fingerprint density at radius 3 is 2.62 bits per heavy atom. The minimum absolute atomic E-state index is 0.0385. The molecule has 4 heteroatoms. The zero-order valence-corrected chi connectivity index (χ0v) is 9.34. The minimum Gasteiger partial charge on any atom is -0.388 e. The average Bonchev–Trinajstić information content (AvgIpc) is 2.25. The summed E-state index contributed by atoms with van der Waals surface area (Å²) in [6.07, 6.45) is 1.25. The van der Waals surface area contributed by atoms with Gasteiger partial charge in [0.1, 0.15) is 0 Å². The summed E-state index contributed by atoms with van der Waals surface area (Å²) >= 11 is 0. The Kier molecular flexibility index (Phi) is 4.38. The van der Waals surface area contributed by atoms with E-state index in [-0.39, 0.29) is 18.5 Å². The number of hydrogen-bond donors (Lipinski definition) is 2. The molecule has 0 aromatic heterocycles. The minimum atomic E-state index is -1.15. The van der Waals surface area contributed by atoms with E-state index in [0.717, 1.165) is 12.5 Å². The lowest BCUT2D eigenvalue weighted by Gasteiger charge is -2.26. The van der Waals surface area contributed by atoms with Crippen LogP contribution in [0, 0.1) is 11.6 Å². The van der Waals surface area contributed by atoms with Crippen LogP contribution in [-0.2, 0) is 6.42 Å². The lowest BCUT2D eigenvalue weighted by molar-refractivity contribution is 0.0389. The molecule has 0 amide bonds. The molecular formula is C12H17F2NO. The first-order valence-corrected chi connectivity index (χ1v) is 5.38. The van der Waals surface area contributed by atoms with Crippen molar-refractivity contribution in [1.82, 2.24) is 0 Å². The van der Waals surface area contributed by atoms with Crippen molar-refractivity contribution in [3.05, 3.63) is 35.4 Å². The molecule has 0 radical (unpaired) electrons. The van der Waals surface area contributed by atoms with Crippen molar-refractivity contribution in [1.29, 1.82) is 0 Å². The molecule has 1 rings (SSSR count). The van der Waals surface area contributed by atoms with Crippen molar-refractivity contribution in [3.8, 4) is 0 Å². The second-order valence-corrected chi connectivity index (χ2v) is 4.07. The van der Waals surface area contributed by atoms with E-state index in [9.17, 15) is 13.9 Å². The Morgan fingerprint density at radius 1 is 1.38 bits per heavy atom. The maximum absolute atomic E-state index is 13.4. The molecule has 0 heterocycles. The number of halogens is 2. The lowest BCUT2D eigenvalue weighted by Crippen LogP contribution is -2.40. The Hall–Kier alpha value is -1.00. The second kappa shape index (κ2) is 5.37. The van der Waals surface area contributed by atoms with E-state index >= 15 is 0 Å². The van der Waals surface area contributed by atoms with Gasteiger partial charge in [0.05, 0.1) is 5.60 Å². The molecule has 1 aromatic carbocycles. The molecule has 0 spiro atoms. The summed E-state index contributed by atoms with van der Waals surface area (Å²) in [6.45, 7) is 1.94. The highest BCUT2D eigenvalue weighted by atomic mass is 19.2. The summed E-state index contributed by atoms with van der Waals surface area (Å²) in [6, 6.07) is 3.95. The van der Waals surface area contributed by atoms with Crippen molar-refractivity contribution in [3.63, 3.8) is 0 Å². The Labute approximate surface area is 94.1 Å². The third-order valence-corrected chi connectivity index (χ3v) is 2.65. The number of aliphatic hydroxyl groups is 1. The van der Waals surface area contributed by atoms with Crippen molar-refractivity contribution in [2.24, 2.45) is 5.73 Å². The Morgan fingerprint density at radius 2 is 2.06 bits per heavy atom. The van der Waals surface area contributed by atoms with Crippen LogP contribution in [0.1, 0.15) is 25.3 Å². The molecule has 16 heavy (non-hydrogen) atoms. The van der Waals surface area contributed by atoms with Gasteiger partial charge in [0.2, 0.25) is 0 Å². The normalized spacial score (nSPS) is 14.8. The van der Waals surface area contributed by atoms with Gasteiger partial charge in [-0.3, -0.25) is 0 Å². The predicted octanol–water partition coefficient (Wildman–Crippen LogP) is 2.00. The van der Waals surface area contributed by atoms with E-state index in [1.807, 2.05) is 6.92 Å². The molecular weight excluding hydrogens is 212 g/mol. The molecule has 0 saturated heterocycles. The molecule has 0 aliphatic rings. The van der Waals surface area contributed by atoms with Crippen LogP contribution in [0.2, 0.25) is 0 Å². The Bertz CT molecular complexity index is 357. The summed E-state index contributed by atoms with van der Waals surface area (Å²) in [5.41, 5.74) is 4.48. The largest absolute Gasteiger partial charge is 0.388 e. The summed E-state index contributed by atoms with van der Waals surface area (Å²) in [7, 11) is 0. The van der Waals surface area contributed by atoms with Crippen molar-refractivity contribution < 1.29 is 13.9 Å². The van der Waals surface area contributed by atoms with Gasteiger partial charge in [-0.1, -0.05) is 25.5 Å². The van der Waals surface area contributed by atoms with E-state index in [1.165, 1.54) is 12.1 Å². The molecule has 0 bridgehead atoms. The van der Waals surface area contributed by atoms with Gasteiger partial charge >= 0.3 is 0 Å². The first kappa shape index (κ1) is 13.1. The molecule has 0 aliphatic heterocycles.